The van der Waals surface area contributed by atoms with Crippen molar-refractivity contribution in [3.8, 4) is 6.07 Å². The highest BCUT2D eigenvalue weighted by Gasteiger charge is 2.26. The number of anilines is 1. The van der Waals surface area contributed by atoms with Crippen LogP contribution in [-0.2, 0) is 25.9 Å². The molecule has 114 valence electrons. The molecule has 0 bridgehead atoms. The molecule has 0 aliphatic heterocycles. The van der Waals surface area contributed by atoms with Gasteiger partial charge in [0.2, 0.25) is 0 Å². The molecule has 2 aromatic rings. The molecule has 2 N–H and O–H groups in total. The largest absolute Gasteiger partial charge is 0.384 e. The van der Waals surface area contributed by atoms with Gasteiger partial charge in [-0.05, 0) is 38.7 Å². The van der Waals surface area contributed by atoms with Crippen molar-refractivity contribution in [2.75, 3.05) is 5.73 Å². The van der Waals surface area contributed by atoms with Gasteiger partial charge < -0.3 is 10.3 Å². The summed E-state index contributed by atoms with van der Waals surface area (Å²) >= 11 is 0. The lowest BCUT2D eigenvalue weighted by atomic mass is 10.0. The van der Waals surface area contributed by atoms with E-state index >= 15 is 0 Å². The Morgan fingerprint density at radius 3 is 2.36 bits per heavy atom. The zero-order valence-electron chi connectivity index (χ0n) is 12.8. The number of hydrogen-bond donors (Lipinski definition) is 1. The van der Waals surface area contributed by atoms with Crippen LogP contribution in [0, 0.1) is 11.3 Å². The number of nitrogens with two attached hydrogens (primary N) is 1. The number of aryl methyl sites for hydroxylation is 1. The monoisotopic (exact) mass is 298 g/mol. The first kappa shape index (κ1) is 14.4. The average molecular weight is 298 g/mol. The third kappa shape index (κ3) is 1.65. The maximum atomic E-state index is 12.8. The molecule has 0 unspecified atom stereocenters. The average Bonchev–Trinajstić information content (AvgIpc) is 2.97. The van der Waals surface area contributed by atoms with E-state index in [1.165, 1.54) is 4.57 Å². The molecule has 0 radical (unpaired) electrons. The lowest BCUT2D eigenvalue weighted by Crippen LogP contribution is -2.31. The predicted molar refractivity (Wildman–Crippen MR) is 85.0 cm³/mol. The van der Waals surface area contributed by atoms with Crippen molar-refractivity contribution in [2.24, 2.45) is 0 Å². The van der Waals surface area contributed by atoms with Gasteiger partial charge in [-0.3, -0.25) is 14.2 Å². The fraction of sp³-hybridized carbons (Fsp3) is 0.438. The second-order valence-electron chi connectivity index (χ2n) is 5.50. The van der Waals surface area contributed by atoms with Crippen molar-refractivity contribution in [2.45, 2.75) is 46.2 Å². The van der Waals surface area contributed by atoms with Crippen molar-refractivity contribution in [1.82, 2.24) is 9.13 Å². The van der Waals surface area contributed by atoms with Crippen molar-refractivity contribution >= 4 is 16.6 Å². The lowest BCUT2D eigenvalue weighted by molar-refractivity contribution is 0.685. The van der Waals surface area contributed by atoms with Crippen LogP contribution < -0.4 is 16.9 Å². The van der Waals surface area contributed by atoms with Gasteiger partial charge in [-0.25, -0.2) is 0 Å². The number of aromatic nitrogens is 2. The van der Waals surface area contributed by atoms with Gasteiger partial charge >= 0.3 is 0 Å². The fourth-order valence-corrected chi connectivity index (χ4v) is 3.56. The molecule has 0 spiro atoms. The van der Waals surface area contributed by atoms with E-state index in [-0.39, 0.29) is 16.9 Å². The van der Waals surface area contributed by atoms with Gasteiger partial charge in [0.05, 0.1) is 5.39 Å². The highest BCUT2D eigenvalue weighted by atomic mass is 16.1. The molecule has 0 amide bonds. The van der Waals surface area contributed by atoms with E-state index < -0.39 is 5.56 Å². The Balaban J connectivity index is 2.70. The summed E-state index contributed by atoms with van der Waals surface area (Å²) in [6.07, 6.45) is 2.50. The van der Waals surface area contributed by atoms with Crippen LogP contribution in [0.15, 0.2) is 9.59 Å². The molecular formula is C16H18N4O2. The summed E-state index contributed by atoms with van der Waals surface area (Å²) in [5.74, 6) is 0.170. The molecule has 0 saturated carbocycles. The molecule has 0 aromatic carbocycles. The summed E-state index contributed by atoms with van der Waals surface area (Å²) in [5, 5.41) is 10.3. The number of pyridine rings is 2. The van der Waals surface area contributed by atoms with Crippen LogP contribution in [0.25, 0.3) is 10.8 Å². The molecule has 0 atom stereocenters. The first-order chi connectivity index (χ1) is 10.6. The maximum Gasteiger partial charge on any atom is 0.270 e. The SMILES string of the molecule is CCn1c(N)c2c(=O)n(CC)c3c(c2c(C#N)c1=O)CCC3. The summed E-state index contributed by atoms with van der Waals surface area (Å²) in [5.41, 5.74) is 7.45. The Kier molecular flexibility index (Phi) is 3.28. The summed E-state index contributed by atoms with van der Waals surface area (Å²) in [7, 11) is 0. The number of nitrogen functional groups attached to an aromatic ring is 1. The minimum atomic E-state index is -0.405. The van der Waals surface area contributed by atoms with Crippen LogP contribution in [0.5, 0.6) is 0 Å². The number of fused-ring (bicyclic) bond motifs is 3. The van der Waals surface area contributed by atoms with Gasteiger partial charge in [-0.1, -0.05) is 0 Å². The van der Waals surface area contributed by atoms with E-state index in [2.05, 4.69) is 0 Å². The van der Waals surface area contributed by atoms with E-state index in [1.54, 1.807) is 11.5 Å². The van der Waals surface area contributed by atoms with Gasteiger partial charge in [0, 0.05) is 24.2 Å². The highest BCUT2D eigenvalue weighted by Crippen LogP contribution is 2.31. The molecule has 22 heavy (non-hydrogen) atoms. The van der Waals surface area contributed by atoms with Crippen LogP contribution in [0.2, 0.25) is 0 Å². The van der Waals surface area contributed by atoms with Crippen molar-refractivity contribution < 1.29 is 0 Å². The van der Waals surface area contributed by atoms with Gasteiger partial charge in [0.25, 0.3) is 11.1 Å². The van der Waals surface area contributed by atoms with Crippen LogP contribution in [-0.4, -0.2) is 9.13 Å². The van der Waals surface area contributed by atoms with Crippen LogP contribution in [0.4, 0.5) is 5.82 Å². The number of nitrogens with zero attached hydrogens (tertiary/aromatic N) is 3. The number of nitriles is 1. The smallest absolute Gasteiger partial charge is 0.270 e. The Bertz CT molecular complexity index is 944. The zero-order valence-corrected chi connectivity index (χ0v) is 12.8. The molecule has 6 heteroatoms. The second-order valence-corrected chi connectivity index (χ2v) is 5.50. The number of hydrogen-bond acceptors (Lipinski definition) is 4. The Morgan fingerprint density at radius 1 is 1.09 bits per heavy atom. The van der Waals surface area contributed by atoms with E-state index in [4.69, 9.17) is 5.73 Å². The normalized spacial score (nSPS) is 13.3. The van der Waals surface area contributed by atoms with Gasteiger partial charge in [-0.2, -0.15) is 5.26 Å². The minimum Gasteiger partial charge on any atom is -0.384 e. The topological polar surface area (TPSA) is 93.8 Å². The van der Waals surface area contributed by atoms with Gasteiger partial charge in [0.15, 0.2) is 0 Å². The lowest BCUT2D eigenvalue weighted by Gasteiger charge is -2.17. The first-order valence-electron chi connectivity index (χ1n) is 7.57. The van der Waals surface area contributed by atoms with Gasteiger partial charge in [-0.15, -0.1) is 0 Å². The third-order valence-corrected chi connectivity index (χ3v) is 4.53. The molecule has 3 rings (SSSR count). The molecule has 2 heterocycles. The van der Waals surface area contributed by atoms with Crippen LogP contribution in [0.3, 0.4) is 0 Å². The second kappa shape index (κ2) is 5.02. The molecular weight excluding hydrogens is 280 g/mol. The highest BCUT2D eigenvalue weighted by molar-refractivity contribution is 5.97. The van der Waals surface area contributed by atoms with Crippen molar-refractivity contribution in [3.05, 3.63) is 37.5 Å². The predicted octanol–water partition coefficient (Wildman–Crippen LogP) is 1.15. The zero-order chi connectivity index (χ0) is 16.0. The van der Waals surface area contributed by atoms with E-state index in [9.17, 15) is 14.9 Å². The first-order valence-corrected chi connectivity index (χ1v) is 7.57. The van der Waals surface area contributed by atoms with Crippen LogP contribution in [0.1, 0.15) is 37.1 Å². The molecule has 1 aliphatic rings. The maximum absolute atomic E-state index is 12.8. The van der Waals surface area contributed by atoms with Crippen molar-refractivity contribution in [1.29, 1.82) is 5.26 Å². The summed E-state index contributed by atoms with van der Waals surface area (Å²) in [6.45, 7) is 4.58. The molecule has 2 aromatic heterocycles. The van der Waals surface area contributed by atoms with E-state index in [1.807, 2.05) is 13.0 Å². The molecule has 1 aliphatic carbocycles. The molecule has 6 nitrogen and oxygen atoms in total. The summed E-state index contributed by atoms with van der Waals surface area (Å²) < 4.78 is 3.04. The Morgan fingerprint density at radius 2 is 1.77 bits per heavy atom. The minimum absolute atomic E-state index is 0.0459. The van der Waals surface area contributed by atoms with E-state index in [0.717, 1.165) is 30.5 Å². The van der Waals surface area contributed by atoms with E-state index in [0.29, 0.717) is 23.9 Å². The van der Waals surface area contributed by atoms with Gasteiger partial charge in [0.1, 0.15) is 17.5 Å². The van der Waals surface area contributed by atoms with Crippen LogP contribution >= 0.6 is 0 Å². The Hall–Kier alpha value is -2.55. The fourth-order valence-electron chi connectivity index (χ4n) is 3.56. The third-order valence-electron chi connectivity index (χ3n) is 4.53. The summed E-state index contributed by atoms with van der Waals surface area (Å²) in [4.78, 5) is 25.3. The molecule has 0 saturated heterocycles. The standard InChI is InChI=1S/C16H18N4O2/c1-3-19-11-7-5-6-9(11)12-10(8-17)15(21)20(4-2)14(18)13(12)16(19)22/h3-7,18H2,1-2H3. The quantitative estimate of drug-likeness (QED) is 0.899. The number of rotatable bonds is 2. The molecule has 0 fully saturated rings. The van der Waals surface area contributed by atoms with Crippen molar-refractivity contribution in [3.63, 3.8) is 0 Å². The summed E-state index contributed by atoms with van der Waals surface area (Å²) in [6, 6.07) is 2.00. The Labute approximate surface area is 127 Å².